The van der Waals surface area contributed by atoms with Crippen molar-refractivity contribution in [3.8, 4) is 12.1 Å². The highest BCUT2D eigenvalue weighted by atomic mass is 16.2. The molecule has 2 N–H and O–H groups in total. The number of carbonyl (C=O) groups excluding carboxylic acids is 1. The number of amides is 1. The number of hydrogen-bond acceptors (Lipinski definition) is 4. The van der Waals surface area contributed by atoms with Gasteiger partial charge in [-0.2, -0.15) is 10.5 Å². The predicted octanol–water partition coefficient (Wildman–Crippen LogP) is 0.873. The molecule has 1 atom stereocenters. The third-order valence-electron chi connectivity index (χ3n) is 2.48. The fraction of sp³-hybridized carbons (Fsp3) is 0.750. The smallest absolute Gasteiger partial charge is 0.224 e. The van der Waals surface area contributed by atoms with E-state index in [4.69, 9.17) is 16.3 Å². The van der Waals surface area contributed by atoms with Gasteiger partial charge in [0.05, 0.1) is 12.1 Å². The summed E-state index contributed by atoms with van der Waals surface area (Å²) in [5, 5.41) is 17.1. The Morgan fingerprint density at radius 2 is 1.82 bits per heavy atom. The van der Waals surface area contributed by atoms with Crippen molar-refractivity contribution >= 4 is 5.91 Å². The maximum Gasteiger partial charge on any atom is 0.224 e. The van der Waals surface area contributed by atoms with Crippen molar-refractivity contribution in [3.05, 3.63) is 0 Å². The topological polar surface area (TPSA) is 93.9 Å². The standard InChI is InChI=1S/C12H20N4O/c1-10(2)7-11(9-15)8-12(17)16(5-3-13)6-4-14/h10-11H,5-9,15H2,1-2H3. The zero-order valence-corrected chi connectivity index (χ0v) is 10.5. The van der Waals surface area contributed by atoms with E-state index in [1.807, 2.05) is 12.1 Å². The van der Waals surface area contributed by atoms with E-state index in [0.29, 0.717) is 18.9 Å². The van der Waals surface area contributed by atoms with Crippen LogP contribution in [0.4, 0.5) is 0 Å². The van der Waals surface area contributed by atoms with Crippen LogP contribution in [-0.4, -0.2) is 30.4 Å². The van der Waals surface area contributed by atoms with Crippen molar-refractivity contribution in [1.82, 2.24) is 4.90 Å². The number of nitriles is 2. The van der Waals surface area contributed by atoms with E-state index in [1.54, 1.807) is 0 Å². The molecule has 0 bridgehead atoms. The molecule has 1 amide bonds. The molecule has 0 spiro atoms. The van der Waals surface area contributed by atoms with Crippen molar-refractivity contribution in [3.63, 3.8) is 0 Å². The minimum Gasteiger partial charge on any atom is -0.330 e. The third kappa shape index (κ3) is 6.55. The lowest BCUT2D eigenvalue weighted by Crippen LogP contribution is -2.34. The number of carbonyl (C=O) groups is 1. The zero-order valence-electron chi connectivity index (χ0n) is 10.5. The average molecular weight is 236 g/mol. The number of nitrogens with two attached hydrogens (primary N) is 1. The number of nitrogens with zero attached hydrogens (tertiary/aromatic N) is 3. The van der Waals surface area contributed by atoms with Crippen molar-refractivity contribution in [1.29, 1.82) is 10.5 Å². The van der Waals surface area contributed by atoms with Crippen LogP contribution in [0.3, 0.4) is 0 Å². The summed E-state index contributed by atoms with van der Waals surface area (Å²) in [7, 11) is 0. The van der Waals surface area contributed by atoms with Crippen LogP contribution in [-0.2, 0) is 4.79 Å². The molecule has 0 aliphatic heterocycles. The number of hydrogen-bond donors (Lipinski definition) is 1. The maximum atomic E-state index is 11.8. The largest absolute Gasteiger partial charge is 0.330 e. The summed E-state index contributed by atoms with van der Waals surface area (Å²) in [5.41, 5.74) is 5.62. The first-order valence-corrected chi connectivity index (χ1v) is 5.76. The van der Waals surface area contributed by atoms with Crippen LogP contribution in [0.1, 0.15) is 26.7 Å². The monoisotopic (exact) mass is 236 g/mol. The second kappa shape index (κ2) is 8.55. The minimum absolute atomic E-state index is 0.0363. The number of rotatable bonds is 7. The Kier molecular flexibility index (Phi) is 7.75. The zero-order chi connectivity index (χ0) is 13.3. The van der Waals surface area contributed by atoms with Crippen molar-refractivity contribution in [2.45, 2.75) is 26.7 Å². The molecule has 0 saturated heterocycles. The molecule has 5 nitrogen and oxygen atoms in total. The van der Waals surface area contributed by atoms with E-state index in [0.717, 1.165) is 6.42 Å². The summed E-state index contributed by atoms with van der Waals surface area (Å²) in [5.74, 6) is 0.448. The van der Waals surface area contributed by atoms with E-state index < -0.39 is 0 Å². The van der Waals surface area contributed by atoms with E-state index in [9.17, 15) is 4.79 Å². The highest BCUT2D eigenvalue weighted by molar-refractivity contribution is 5.77. The van der Waals surface area contributed by atoms with Gasteiger partial charge in [0.2, 0.25) is 5.91 Å². The summed E-state index contributed by atoms with van der Waals surface area (Å²) in [6.45, 7) is 4.54. The summed E-state index contributed by atoms with van der Waals surface area (Å²) in [6.07, 6.45) is 1.20. The molecule has 0 radical (unpaired) electrons. The Morgan fingerprint density at radius 3 is 2.18 bits per heavy atom. The minimum atomic E-state index is -0.163. The molecule has 5 heteroatoms. The third-order valence-corrected chi connectivity index (χ3v) is 2.48. The van der Waals surface area contributed by atoms with E-state index in [2.05, 4.69) is 13.8 Å². The first kappa shape index (κ1) is 15.4. The van der Waals surface area contributed by atoms with E-state index in [1.165, 1.54) is 4.90 Å². The molecule has 0 saturated carbocycles. The molecule has 17 heavy (non-hydrogen) atoms. The molecule has 0 fully saturated rings. The highest BCUT2D eigenvalue weighted by Gasteiger charge is 2.18. The maximum absolute atomic E-state index is 11.8. The van der Waals surface area contributed by atoms with E-state index in [-0.39, 0.29) is 24.9 Å². The second-order valence-electron chi connectivity index (χ2n) is 4.50. The molecular formula is C12H20N4O. The molecular weight excluding hydrogens is 216 g/mol. The summed E-state index contributed by atoms with van der Waals surface area (Å²) >= 11 is 0. The van der Waals surface area contributed by atoms with Gasteiger partial charge in [-0.15, -0.1) is 0 Å². The van der Waals surface area contributed by atoms with Crippen molar-refractivity contribution in [2.24, 2.45) is 17.6 Å². The van der Waals surface area contributed by atoms with Crippen molar-refractivity contribution < 1.29 is 4.79 Å². The summed E-state index contributed by atoms with van der Waals surface area (Å²) in [6, 6.07) is 3.78. The fourth-order valence-electron chi connectivity index (χ4n) is 1.71. The Labute approximate surface area is 103 Å². The van der Waals surface area contributed by atoms with Crippen LogP contribution < -0.4 is 5.73 Å². The molecule has 0 aromatic heterocycles. The van der Waals surface area contributed by atoms with Gasteiger partial charge in [0, 0.05) is 6.42 Å². The average Bonchev–Trinajstić information content (AvgIpc) is 2.27. The lowest BCUT2D eigenvalue weighted by molar-refractivity contribution is -0.131. The van der Waals surface area contributed by atoms with Gasteiger partial charge in [-0.25, -0.2) is 0 Å². The van der Waals surface area contributed by atoms with Crippen LogP contribution in [0.2, 0.25) is 0 Å². The Morgan fingerprint density at radius 1 is 1.29 bits per heavy atom. The van der Waals surface area contributed by atoms with E-state index >= 15 is 0 Å². The van der Waals surface area contributed by atoms with Gasteiger partial charge in [-0.1, -0.05) is 13.8 Å². The van der Waals surface area contributed by atoms with Gasteiger partial charge < -0.3 is 10.6 Å². The predicted molar refractivity (Wildman–Crippen MR) is 64.4 cm³/mol. The molecule has 0 aliphatic rings. The van der Waals surface area contributed by atoms with Crippen LogP contribution in [0.15, 0.2) is 0 Å². The van der Waals surface area contributed by atoms with Gasteiger partial charge in [0.1, 0.15) is 13.1 Å². The van der Waals surface area contributed by atoms with Crippen LogP contribution in [0.25, 0.3) is 0 Å². The first-order chi connectivity index (χ1) is 8.04. The Balaban J connectivity index is 4.37. The molecule has 1 unspecified atom stereocenters. The lowest BCUT2D eigenvalue weighted by atomic mass is 9.94. The summed E-state index contributed by atoms with van der Waals surface area (Å²) in [4.78, 5) is 13.1. The second-order valence-corrected chi connectivity index (χ2v) is 4.50. The van der Waals surface area contributed by atoms with Gasteiger partial charge >= 0.3 is 0 Å². The quantitative estimate of drug-likeness (QED) is 0.664. The molecule has 0 rings (SSSR count). The molecule has 0 heterocycles. The van der Waals surface area contributed by atoms with Gasteiger partial charge in [0.25, 0.3) is 0 Å². The molecule has 0 aromatic carbocycles. The van der Waals surface area contributed by atoms with Crippen LogP contribution >= 0.6 is 0 Å². The Hall–Kier alpha value is -1.59. The van der Waals surface area contributed by atoms with Crippen molar-refractivity contribution in [2.75, 3.05) is 19.6 Å². The van der Waals surface area contributed by atoms with Crippen LogP contribution in [0.5, 0.6) is 0 Å². The fourth-order valence-corrected chi connectivity index (χ4v) is 1.71. The van der Waals surface area contributed by atoms with Gasteiger partial charge in [-0.05, 0) is 24.8 Å². The SMILES string of the molecule is CC(C)CC(CN)CC(=O)N(CC#N)CC#N. The first-order valence-electron chi connectivity index (χ1n) is 5.76. The lowest BCUT2D eigenvalue weighted by Gasteiger charge is -2.21. The normalized spacial score (nSPS) is 11.6. The molecule has 94 valence electrons. The van der Waals surface area contributed by atoms with Gasteiger partial charge in [-0.3, -0.25) is 4.79 Å². The molecule has 0 aromatic rings. The van der Waals surface area contributed by atoms with Gasteiger partial charge in [0.15, 0.2) is 0 Å². The highest BCUT2D eigenvalue weighted by Crippen LogP contribution is 2.15. The summed E-state index contributed by atoms with van der Waals surface area (Å²) < 4.78 is 0. The molecule has 0 aliphatic carbocycles. The van der Waals surface area contributed by atoms with Crippen LogP contribution in [0, 0.1) is 34.5 Å². The Bertz CT molecular complexity index is 297.